The van der Waals surface area contributed by atoms with E-state index in [2.05, 4.69) is 0 Å². The number of rotatable bonds is 3. The van der Waals surface area contributed by atoms with Crippen LogP contribution in [0.2, 0.25) is 0 Å². The summed E-state index contributed by atoms with van der Waals surface area (Å²) in [6.45, 7) is 6.02. The topological polar surface area (TPSA) is 63.0 Å². The summed E-state index contributed by atoms with van der Waals surface area (Å²) in [5.74, 6) is 0.576. The molecule has 0 bridgehead atoms. The van der Waals surface area contributed by atoms with Crippen molar-refractivity contribution >= 4 is 11.8 Å². The fourth-order valence-electron chi connectivity index (χ4n) is 3.13. The van der Waals surface area contributed by atoms with Crippen LogP contribution in [0.25, 0.3) is 0 Å². The van der Waals surface area contributed by atoms with Gasteiger partial charge in [-0.3, -0.25) is 9.59 Å². The Labute approximate surface area is 130 Å². The van der Waals surface area contributed by atoms with E-state index in [0.29, 0.717) is 26.2 Å². The lowest BCUT2D eigenvalue weighted by molar-refractivity contribution is -0.147. The highest BCUT2D eigenvalue weighted by molar-refractivity contribution is 5.89. The molecule has 2 fully saturated rings. The second-order valence-corrected chi connectivity index (χ2v) is 6.24. The molecule has 3 atom stereocenters. The Hall–Kier alpha value is -1.82. The van der Waals surface area contributed by atoms with Gasteiger partial charge in [0.25, 0.3) is 0 Å². The van der Waals surface area contributed by atoms with Crippen LogP contribution >= 0.6 is 0 Å². The maximum Gasteiger partial charge on any atom is 0.228 e. The van der Waals surface area contributed by atoms with Gasteiger partial charge in [0, 0.05) is 19.5 Å². The van der Waals surface area contributed by atoms with Crippen molar-refractivity contribution < 1.29 is 18.7 Å². The second kappa shape index (κ2) is 6.12. The van der Waals surface area contributed by atoms with Gasteiger partial charge in [-0.2, -0.15) is 0 Å². The van der Waals surface area contributed by atoms with Gasteiger partial charge < -0.3 is 19.0 Å². The second-order valence-electron chi connectivity index (χ2n) is 6.24. The van der Waals surface area contributed by atoms with E-state index in [1.165, 1.54) is 0 Å². The smallest absolute Gasteiger partial charge is 0.228 e. The first kappa shape index (κ1) is 15.1. The highest BCUT2D eigenvalue weighted by atomic mass is 16.5. The molecule has 22 heavy (non-hydrogen) atoms. The minimum atomic E-state index is -0.254. The number of nitrogens with zero attached hydrogens (tertiary/aromatic N) is 2. The standard InChI is InChI=1S/C16H22N2O4/c1-11-10-22-12(2)7-18(11)16(20)13-6-15(19)17(8-13)9-14-4-3-5-21-14/h3-5,11-13H,6-10H2,1-2H3/t11-,12+,13-/m0/s1. The lowest BCUT2D eigenvalue weighted by atomic mass is 10.0. The van der Waals surface area contributed by atoms with E-state index in [1.54, 1.807) is 17.2 Å². The molecular weight excluding hydrogens is 284 g/mol. The number of likely N-dealkylation sites (tertiary alicyclic amines) is 1. The number of amides is 2. The Morgan fingerprint density at radius 3 is 2.91 bits per heavy atom. The molecule has 1 aromatic rings. The fraction of sp³-hybridized carbons (Fsp3) is 0.625. The van der Waals surface area contributed by atoms with Gasteiger partial charge in [-0.05, 0) is 26.0 Å². The van der Waals surface area contributed by atoms with E-state index in [0.717, 1.165) is 5.76 Å². The third-order valence-corrected chi connectivity index (χ3v) is 4.38. The Balaban J connectivity index is 1.63. The van der Waals surface area contributed by atoms with Crippen LogP contribution in [0.3, 0.4) is 0 Å². The molecule has 0 unspecified atom stereocenters. The molecule has 6 heteroatoms. The van der Waals surface area contributed by atoms with Crippen molar-refractivity contribution in [1.82, 2.24) is 9.80 Å². The van der Waals surface area contributed by atoms with Crippen LogP contribution in [0.5, 0.6) is 0 Å². The molecule has 120 valence electrons. The normalized spacial score (nSPS) is 29.2. The van der Waals surface area contributed by atoms with Crippen LogP contribution in [-0.2, 0) is 20.9 Å². The minimum Gasteiger partial charge on any atom is -0.467 e. The molecule has 2 saturated heterocycles. The largest absolute Gasteiger partial charge is 0.467 e. The molecule has 0 saturated carbocycles. The summed E-state index contributed by atoms with van der Waals surface area (Å²) < 4.78 is 10.8. The van der Waals surface area contributed by atoms with Crippen LogP contribution in [0.15, 0.2) is 22.8 Å². The molecular formula is C16H22N2O4. The van der Waals surface area contributed by atoms with Crippen molar-refractivity contribution in [2.45, 2.75) is 39.0 Å². The molecule has 0 N–H and O–H groups in total. The van der Waals surface area contributed by atoms with E-state index in [4.69, 9.17) is 9.15 Å². The van der Waals surface area contributed by atoms with Crippen molar-refractivity contribution in [2.75, 3.05) is 19.7 Å². The third kappa shape index (κ3) is 3.02. The molecule has 3 heterocycles. The van der Waals surface area contributed by atoms with E-state index in [-0.39, 0.29) is 36.3 Å². The minimum absolute atomic E-state index is 0.0173. The van der Waals surface area contributed by atoms with Gasteiger partial charge >= 0.3 is 0 Å². The Morgan fingerprint density at radius 1 is 1.36 bits per heavy atom. The molecule has 6 nitrogen and oxygen atoms in total. The zero-order valence-electron chi connectivity index (χ0n) is 13.0. The summed E-state index contributed by atoms with van der Waals surface area (Å²) in [4.78, 5) is 28.4. The molecule has 0 radical (unpaired) electrons. The van der Waals surface area contributed by atoms with Crippen LogP contribution in [0, 0.1) is 5.92 Å². The zero-order chi connectivity index (χ0) is 15.7. The average molecular weight is 306 g/mol. The fourth-order valence-corrected chi connectivity index (χ4v) is 3.13. The maximum absolute atomic E-state index is 12.7. The number of carbonyl (C=O) groups is 2. The SMILES string of the molecule is C[C@@H]1CN(C(=O)[C@H]2CC(=O)N(Cc3ccco3)C2)[C@@H](C)CO1. The first-order valence-corrected chi connectivity index (χ1v) is 7.77. The van der Waals surface area contributed by atoms with Crippen molar-refractivity contribution in [1.29, 1.82) is 0 Å². The van der Waals surface area contributed by atoms with E-state index in [9.17, 15) is 9.59 Å². The van der Waals surface area contributed by atoms with Crippen molar-refractivity contribution in [3.63, 3.8) is 0 Å². The first-order chi connectivity index (χ1) is 10.5. The maximum atomic E-state index is 12.7. The Kier molecular flexibility index (Phi) is 4.20. The summed E-state index contributed by atoms with van der Waals surface area (Å²) in [5, 5.41) is 0. The van der Waals surface area contributed by atoms with Gasteiger partial charge in [0.2, 0.25) is 11.8 Å². The number of hydrogen-bond acceptors (Lipinski definition) is 4. The van der Waals surface area contributed by atoms with E-state index in [1.807, 2.05) is 24.8 Å². The number of morpholine rings is 1. The Bertz CT molecular complexity index is 542. The molecule has 1 aromatic heterocycles. The van der Waals surface area contributed by atoms with Crippen LogP contribution in [-0.4, -0.2) is 53.5 Å². The summed E-state index contributed by atoms with van der Waals surface area (Å²) in [7, 11) is 0. The molecule has 0 aliphatic carbocycles. The van der Waals surface area contributed by atoms with Gasteiger partial charge in [0.05, 0.1) is 37.5 Å². The molecule has 0 aromatic carbocycles. The van der Waals surface area contributed by atoms with Gasteiger partial charge in [0.1, 0.15) is 5.76 Å². The monoisotopic (exact) mass is 306 g/mol. The van der Waals surface area contributed by atoms with Gasteiger partial charge in [-0.1, -0.05) is 0 Å². The lowest BCUT2D eigenvalue weighted by Gasteiger charge is -2.38. The number of furan rings is 1. The quantitative estimate of drug-likeness (QED) is 0.843. The molecule has 0 spiro atoms. The van der Waals surface area contributed by atoms with Crippen molar-refractivity contribution in [3.05, 3.63) is 24.2 Å². The highest BCUT2D eigenvalue weighted by Gasteiger charge is 2.39. The average Bonchev–Trinajstić information content (AvgIpc) is 3.12. The van der Waals surface area contributed by atoms with Crippen molar-refractivity contribution in [2.24, 2.45) is 5.92 Å². The molecule has 3 rings (SSSR count). The van der Waals surface area contributed by atoms with E-state index < -0.39 is 0 Å². The third-order valence-electron chi connectivity index (χ3n) is 4.38. The van der Waals surface area contributed by atoms with Gasteiger partial charge in [-0.15, -0.1) is 0 Å². The summed E-state index contributed by atoms with van der Waals surface area (Å²) >= 11 is 0. The predicted octanol–water partition coefficient (Wildman–Crippen LogP) is 1.26. The van der Waals surface area contributed by atoms with Crippen molar-refractivity contribution in [3.8, 4) is 0 Å². The Morgan fingerprint density at radius 2 is 2.18 bits per heavy atom. The summed E-state index contributed by atoms with van der Waals surface area (Å²) in [6.07, 6.45) is 1.93. The number of ether oxygens (including phenoxy) is 1. The van der Waals surface area contributed by atoms with Crippen LogP contribution in [0.1, 0.15) is 26.0 Å². The van der Waals surface area contributed by atoms with Gasteiger partial charge in [0.15, 0.2) is 0 Å². The number of carbonyl (C=O) groups excluding carboxylic acids is 2. The van der Waals surface area contributed by atoms with Crippen LogP contribution in [0.4, 0.5) is 0 Å². The summed E-state index contributed by atoms with van der Waals surface area (Å²) in [5.41, 5.74) is 0. The van der Waals surface area contributed by atoms with Gasteiger partial charge in [-0.25, -0.2) is 0 Å². The predicted molar refractivity (Wildman–Crippen MR) is 78.8 cm³/mol. The molecule has 2 aliphatic rings. The highest BCUT2D eigenvalue weighted by Crippen LogP contribution is 2.24. The number of hydrogen-bond donors (Lipinski definition) is 0. The molecule has 2 amide bonds. The summed E-state index contributed by atoms with van der Waals surface area (Å²) in [6, 6.07) is 3.71. The van der Waals surface area contributed by atoms with E-state index >= 15 is 0 Å². The first-order valence-electron chi connectivity index (χ1n) is 7.77. The molecule has 2 aliphatic heterocycles. The zero-order valence-corrected chi connectivity index (χ0v) is 13.0. The lowest BCUT2D eigenvalue weighted by Crippen LogP contribution is -2.52. The van der Waals surface area contributed by atoms with Crippen LogP contribution < -0.4 is 0 Å².